The summed E-state index contributed by atoms with van der Waals surface area (Å²) in [5.74, 6) is -0.0151. The van der Waals surface area contributed by atoms with Crippen molar-refractivity contribution in [2.24, 2.45) is 18.7 Å². The maximum Gasteiger partial charge on any atom is 0.282 e. The Labute approximate surface area is 134 Å². The van der Waals surface area contributed by atoms with Crippen LogP contribution in [-0.4, -0.2) is 39.5 Å². The maximum absolute atomic E-state index is 12.8. The number of amides is 1. The molecule has 1 aromatic heterocycles. The molecule has 122 valence electrons. The second-order valence-electron chi connectivity index (χ2n) is 6.24. The fourth-order valence-corrected chi connectivity index (χ4v) is 3.31. The predicted molar refractivity (Wildman–Crippen MR) is 89.3 cm³/mol. The Kier molecular flexibility index (Phi) is 4.17. The lowest BCUT2D eigenvalue weighted by atomic mass is 9.99. The first-order chi connectivity index (χ1) is 11.0. The van der Waals surface area contributed by atoms with E-state index >= 15 is 0 Å². The first kappa shape index (κ1) is 15.7. The Bertz CT molecular complexity index is 799. The summed E-state index contributed by atoms with van der Waals surface area (Å²) in [5, 5.41) is 0. The summed E-state index contributed by atoms with van der Waals surface area (Å²) in [4.78, 5) is 31.2. The third-order valence-electron chi connectivity index (χ3n) is 4.62. The van der Waals surface area contributed by atoms with E-state index in [1.165, 1.54) is 4.57 Å². The molecule has 0 unspecified atom stereocenters. The van der Waals surface area contributed by atoms with Crippen molar-refractivity contribution in [1.82, 2.24) is 14.5 Å². The average molecular weight is 314 g/mol. The van der Waals surface area contributed by atoms with E-state index in [9.17, 15) is 9.59 Å². The van der Waals surface area contributed by atoms with E-state index in [0.717, 1.165) is 18.4 Å². The molecule has 0 saturated carbocycles. The number of aryl methyl sites for hydroxylation is 1. The van der Waals surface area contributed by atoms with Crippen LogP contribution in [0.25, 0.3) is 11.0 Å². The van der Waals surface area contributed by atoms with Crippen molar-refractivity contribution in [2.75, 3.05) is 13.1 Å². The molecule has 0 aliphatic carbocycles. The van der Waals surface area contributed by atoms with Crippen LogP contribution in [0.2, 0.25) is 0 Å². The van der Waals surface area contributed by atoms with E-state index in [0.29, 0.717) is 24.5 Å². The van der Waals surface area contributed by atoms with Crippen molar-refractivity contribution < 1.29 is 4.79 Å². The zero-order chi connectivity index (χ0) is 16.6. The van der Waals surface area contributed by atoms with E-state index in [2.05, 4.69) is 11.9 Å². The predicted octanol–water partition coefficient (Wildman–Crippen LogP) is 1.13. The van der Waals surface area contributed by atoms with Gasteiger partial charge in [0.05, 0.1) is 11.0 Å². The van der Waals surface area contributed by atoms with Gasteiger partial charge in [0.1, 0.15) is 0 Å². The number of nitrogens with two attached hydrogens (primary N) is 1. The molecule has 6 nitrogen and oxygen atoms in total. The Morgan fingerprint density at radius 1 is 1.35 bits per heavy atom. The highest BCUT2D eigenvalue weighted by Crippen LogP contribution is 2.21. The van der Waals surface area contributed by atoms with Gasteiger partial charge in [-0.15, -0.1) is 0 Å². The minimum Gasteiger partial charge on any atom is -0.335 e. The van der Waals surface area contributed by atoms with E-state index in [1.54, 1.807) is 18.0 Å². The lowest BCUT2D eigenvalue weighted by molar-refractivity contribution is 0.0777. The lowest BCUT2D eigenvalue weighted by Crippen LogP contribution is -2.37. The fraction of sp³-hybridized carbons (Fsp3) is 0.471. The maximum atomic E-state index is 12.8. The highest BCUT2D eigenvalue weighted by Gasteiger charge is 2.34. The van der Waals surface area contributed by atoms with Gasteiger partial charge in [-0.2, -0.15) is 0 Å². The van der Waals surface area contributed by atoms with Crippen molar-refractivity contribution in [3.05, 3.63) is 40.3 Å². The van der Waals surface area contributed by atoms with Crippen LogP contribution >= 0.6 is 0 Å². The lowest BCUT2D eigenvalue weighted by Gasteiger charge is -2.16. The molecule has 23 heavy (non-hydrogen) atoms. The minimum atomic E-state index is -0.360. The number of rotatable bonds is 3. The monoisotopic (exact) mass is 314 g/mol. The number of hydrogen-bond acceptors (Lipinski definition) is 4. The van der Waals surface area contributed by atoms with Gasteiger partial charge in [0.15, 0.2) is 5.69 Å². The SMILES string of the molecule is CCC[C@H]1CN(C(=O)c2nc3ccccc3n(C)c2=O)C[C@@H]1N. The second-order valence-corrected chi connectivity index (χ2v) is 6.24. The van der Waals surface area contributed by atoms with Gasteiger partial charge in [-0.1, -0.05) is 25.5 Å². The molecular formula is C17H22N4O2. The summed E-state index contributed by atoms with van der Waals surface area (Å²) in [5.41, 5.74) is 7.12. The Morgan fingerprint density at radius 3 is 2.83 bits per heavy atom. The number of benzene rings is 1. The standard InChI is InChI=1S/C17H22N4O2/c1-3-6-11-9-21(10-12(11)18)17(23)15-16(22)20(2)14-8-5-4-7-13(14)19-15/h4-5,7-8,11-12H,3,6,9-10,18H2,1-2H3/t11-,12-/m0/s1. The Hall–Kier alpha value is -2.21. The van der Waals surface area contributed by atoms with Crippen LogP contribution in [0.3, 0.4) is 0 Å². The molecule has 2 aromatic rings. The fourth-order valence-electron chi connectivity index (χ4n) is 3.31. The van der Waals surface area contributed by atoms with E-state index in [1.807, 2.05) is 18.2 Å². The molecule has 2 N–H and O–H groups in total. The van der Waals surface area contributed by atoms with Crippen LogP contribution in [0.15, 0.2) is 29.1 Å². The second kappa shape index (κ2) is 6.12. The molecule has 0 bridgehead atoms. The van der Waals surface area contributed by atoms with E-state index in [-0.39, 0.29) is 23.2 Å². The van der Waals surface area contributed by atoms with Crippen molar-refractivity contribution in [2.45, 2.75) is 25.8 Å². The molecular weight excluding hydrogens is 292 g/mol. The quantitative estimate of drug-likeness (QED) is 0.921. The van der Waals surface area contributed by atoms with Gasteiger partial charge in [0.2, 0.25) is 0 Å². The molecule has 3 rings (SSSR count). The number of nitrogens with zero attached hydrogens (tertiary/aromatic N) is 3. The zero-order valence-corrected chi connectivity index (χ0v) is 13.5. The van der Waals surface area contributed by atoms with Gasteiger partial charge in [0, 0.05) is 26.2 Å². The number of aromatic nitrogens is 2. The smallest absolute Gasteiger partial charge is 0.282 e. The number of likely N-dealkylation sites (tertiary alicyclic amines) is 1. The van der Waals surface area contributed by atoms with Crippen LogP contribution in [-0.2, 0) is 7.05 Å². The molecule has 0 radical (unpaired) electrons. The number of fused-ring (bicyclic) bond motifs is 1. The highest BCUT2D eigenvalue weighted by molar-refractivity contribution is 5.94. The molecule has 6 heteroatoms. The third kappa shape index (κ3) is 2.74. The minimum absolute atomic E-state index is 0.0180. The van der Waals surface area contributed by atoms with Crippen molar-refractivity contribution >= 4 is 16.9 Å². The third-order valence-corrected chi connectivity index (χ3v) is 4.62. The van der Waals surface area contributed by atoms with Crippen LogP contribution < -0.4 is 11.3 Å². The molecule has 1 fully saturated rings. The Morgan fingerprint density at radius 2 is 2.09 bits per heavy atom. The molecule has 1 aromatic carbocycles. The molecule has 2 atom stereocenters. The summed E-state index contributed by atoms with van der Waals surface area (Å²) in [6, 6.07) is 7.29. The van der Waals surface area contributed by atoms with Gasteiger partial charge in [-0.3, -0.25) is 9.59 Å². The number of carbonyl (C=O) groups excluding carboxylic acids is 1. The van der Waals surface area contributed by atoms with Crippen LogP contribution in [0.4, 0.5) is 0 Å². The topological polar surface area (TPSA) is 81.2 Å². The van der Waals surface area contributed by atoms with Crippen molar-refractivity contribution in [1.29, 1.82) is 0 Å². The van der Waals surface area contributed by atoms with Crippen molar-refractivity contribution in [3.8, 4) is 0 Å². The van der Waals surface area contributed by atoms with Gasteiger partial charge in [-0.05, 0) is 24.5 Å². The van der Waals surface area contributed by atoms with Crippen LogP contribution in [0, 0.1) is 5.92 Å². The molecule has 0 spiro atoms. The van der Waals surface area contributed by atoms with Gasteiger partial charge < -0.3 is 15.2 Å². The largest absolute Gasteiger partial charge is 0.335 e. The molecule has 2 heterocycles. The normalized spacial score (nSPS) is 21.1. The van der Waals surface area contributed by atoms with Crippen molar-refractivity contribution in [3.63, 3.8) is 0 Å². The summed E-state index contributed by atoms with van der Waals surface area (Å²) in [6.07, 6.45) is 2.03. The molecule has 1 saturated heterocycles. The number of carbonyl (C=O) groups is 1. The number of para-hydroxylation sites is 2. The summed E-state index contributed by atoms with van der Waals surface area (Å²) in [6.45, 7) is 3.20. The van der Waals surface area contributed by atoms with E-state index < -0.39 is 0 Å². The number of hydrogen-bond donors (Lipinski definition) is 1. The van der Waals surface area contributed by atoms with Gasteiger partial charge in [-0.25, -0.2) is 4.98 Å². The first-order valence-electron chi connectivity index (χ1n) is 8.03. The Balaban J connectivity index is 1.96. The molecule has 1 aliphatic heterocycles. The van der Waals surface area contributed by atoms with Crippen LogP contribution in [0.5, 0.6) is 0 Å². The summed E-state index contributed by atoms with van der Waals surface area (Å²) < 4.78 is 1.48. The molecule has 1 aliphatic rings. The van der Waals surface area contributed by atoms with Gasteiger partial charge in [0.25, 0.3) is 11.5 Å². The zero-order valence-electron chi connectivity index (χ0n) is 13.5. The van der Waals surface area contributed by atoms with Gasteiger partial charge >= 0.3 is 0 Å². The summed E-state index contributed by atoms with van der Waals surface area (Å²) in [7, 11) is 1.67. The average Bonchev–Trinajstić information content (AvgIpc) is 2.92. The summed E-state index contributed by atoms with van der Waals surface area (Å²) >= 11 is 0. The first-order valence-corrected chi connectivity index (χ1v) is 8.03. The van der Waals surface area contributed by atoms with E-state index in [4.69, 9.17) is 5.73 Å². The molecule has 1 amide bonds. The van der Waals surface area contributed by atoms with Crippen LogP contribution in [0.1, 0.15) is 30.3 Å². The highest BCUT2D eigenvalue weighted by atomic mass is 16.2.